The van der Waals surface area contributed by atoms with Crippen molar-refractivity contribution in [2.45, 2.75) is 25.7 Å². The molecule has 0 rings (SSSR count). The van der Waals surface area contributed by atoms with Crippen LogP contribution in [0.4, 0.5) is 0 Å². The summed E-state index contributed by atoms with van der Waals surface area (Å²) in [7, 11) is 0. The highest BCUT2D eigenvalue weighted by Gasteiger charge is 1.89. The molecule has 0 aliphatic rings. The zero-order chi connectivity index (χ0) is 9.07. The van der Waals surface area contributed by atoms with E-state index in [1.54, 1.807) is 0 Å². The van der Waals surface area contributed by atoms with Crippen LogP contribution in [0.2, 0.25) is 0 Å². The van der Waals surface area contributed by atoms with Crippen LogP contribution in [0.25, 0.3) is 0 Å². The molecule has 0 aliphatic heterocycles. The van der Waals surface area contributed by atoms with Gasteiger partial charge in [0.05, 0.1) is 6.61 Å². The molecule has 0 aromatic carbocycles. The van der Waals surface area contributed by atoms with Crippen molar-refractivity contribution >= 4 is 6.47 Å². The van der Waals surface area contributed by atoms with E-state index in [-0.39, 0.29) is 0 Å². The highest BCUT2D eigenvalue weighted by Crippen LogP contribution is 1.92. The van der Waals surface area contributed by atoms with Gasteiger partial charge in [0.15, 0.2) is 0 Å². The summed E-state index contributed by atoms with van der Waals surface area (Å²) in [6.45, 7) is 6.23. The maximum atomic E-state index is 9.72. The molecular formula is C9H17O3. The molecule has 0 bridgehead atoms. The fourth-order valence-electron chi connectivity index (χ4n) is 0.744. The Morgan fingerprint density at radius 1 is 1.08 bits per heavy atom. The number of ether oxygens (including phenoxy) is 2. The Kier molecular flexibility index (Phi) is 9.93. The van der Waals surface area contributed by atoms with Crippen LogP contribution < -0.4 is 0 Å². The molecule has 0 aromatic rings. The molecule has 0 saturated heterocycles. The van der Waals surface area contributed by atoms with Gasteiger partial charge in [-0.2, -0.15) is 0 Å². The van der Waals surface area contributed by atoms with Crippen LogP contribution >= 0.6 is 0 Å². The Balaban J connectivity index is 2.77. The van der Waals surface area contributed by atoms with Gasteiger partial charge in [0.2, 0.25) is 0 Å². The van der Waals surface area contributed by atoms with E-state index >= 15 is 0 Å². The topological polar surface area (TPSA) is 35.5 Å². The predicted molar refractivity (Wildman–Crippen MR) is 46.7 cm³/mol. The fraction of sp³-hybridized carbons (Fsp3) is 0.778. The SMILES string of the molecule is [CH2]CCCOCCCCOC=O. The van der Waals surface area contributed by atoms with Gasteiger partial charge in [-0.3, -0.25) is 4.79 Å². The number of unbranched alkanes of at least 4 members (excludes halogenated alkanes) is 2. The molecule has 0 atom stereocenters. The first kappa shape index (κ1) is 11.4. The van der Waals surface area contributed by atoms with Crippen molar-refractivity contribution < 1.29 is 14.3 Å². The minimum Gasteiger partial charge on any atom is -0.468 e. The summed E-state index contributed by atoms with van der Waals surface area (Å²) in [6.07, 6.45) is 3.77. The van der Waals surface area contributed by atoms with Gasteiger partial charge >= 0.3 is 0 Å². The van der Waals surface area contributed by atoms with E-state index in [1.165, 1.54) is 0 Å². The maximum Gasteiger partial charge on any atom is 0.293 e. The molecule has 0 aromatic heterocycles. The van der Waals surface area contributed by atoms with Crippen molar-refractivity contribution in [3.8, 4) is 0 Å². The van der Waals surface area contributed by atoms with E-state index in [4.69, 9.17) is 4.74 Å². The summed E-state index contributed by atoms with van der Waals surface area (Å²) in [4.78, 5) is 9.72. The number of rotatable bonds is 9. The minimum absolute atomic E-state index is 0.476. The minimum atomic E-state index is 0.476. The quantitative estimate of drug-likeness (QED) is 0.392. The van der Waals surface area contributed by atoms with Crippen molar-refractivity contribution in [1.29, 1.82) is 0 Å². The van der Waals surface area contributed by atoms with Crippen molar-refractivity contribution in [2.75, 3.05) is 19.8 Å². The van der Waals surface area contributed by atoms with E-state index in [0.29, 0.717) is 13.1 Å². The van der Waals surface area contributed by atoms with Gasteiger partial charge < -0.3 is 9.47 Å². The van der Waals surface area contributed by atoms with Crippen molar-refractivity contribution in [3.05, 3.63) is 6.92 Å². The van der Waals surface area contributed by atoms with Gasteiger partial charge in [-0.15, -0.1) is 0 Å². The lowest BCUT2D eigenvalue weighted by molar-refractivity contribution is -0.128. The van der Waals surface area contributed by atoms with E-state index in [9.17, 15) is 4.79 Å². The van der Waals surface area contributed by atoms with Gasteiger partial charge in [-0.05, 0) is 19.3 Å². The molecule has 0 N–H and O–H groups in total. The largest absolute Gasteiger partial charge is 0.468 e. The molecule has 0 amide bonds. The third kappa shape index (κ3) is 9.43. The molecule has 71 valence electrons. The number of hydrogen-bond acceptors (Lipinski definition) is 3. The summed E-state index contributed by atoms with van der Waals surface area (Å²) in [5.41, 5.74) is 0. The Hall–Kier alpha value is -0.570. The van der Waals surface area contributed by atoms with Gasteiger partial charge in [-0.1, -0.05) is 13.3 Å². The van der Waals surface area contributed by atoms with Crippen LogP contribution in [0.1, 0.15) is 25.7 Å². The van der Waals surface area contributed by atoms with Gasteiger partial charge in [0, 0.05) is 13.2 Å². The molecule has 3 heteroatoms. The molecule has 0 unspecified atom stereocenters. The van der Waals surface area contributed by atoms with E-state index in [2.05, 4.69) is 11.7 Å². The highest BCUT2D eigenvalue weighted by atomic mass is 16.5. The Bertz CT molecular complexity index is 93.8. The third-order valence-corrected chi connectivity index (χ3v) is 1.41. The zero-order valence-electron chi connectivity index (χ0n) is 7.46. The van der Waals surface area contributed by atoms with Gasteiger partial charge in [-0.25, -0.2) is 0 Å². The lowest BCUT2D eigenvalue weighted by atomic mass is 10.3. The molecular weight excluding hydrogens is 156 g/mol. The second kappa shape index (κ2) is 10.4. The molecule has 12 heavy (non-hydrogen) atoms. The summed E-state index contributed by atoms with van der Waals surface area (Å²) >= 11 is 0. The van der Waals surface area contributed by atoms with Crippen LogP contribution in [0.5, 0.6) is 0 Å². The monoisotopic (exact) mass is 173 g/mol. The van der Waals surface area contributed by atoms with Crippen molar-refractivity contribution in [1.82, 2.24) is 0 Å². The number of carbonyl (C=O) groups is 1. The first-order valence-corrected chi connectivity index (χ1v) is 4.34. The molecule has 0 fully saturated rings. The summed E-state index contributed by atoms with van der Waals surface area (Å²) in [5.74, 6) is 0. The fourth-order valence-corrected chi connectivity index (χ4v) is 0.744. The van der Waals surface area contributed by atoms with Crippen LogP contribution in [-0.2, 0) is 14.3 Å². The smallest absolute Gasteiger partial charge is 0.293 e. The number of carbonyl (C=O) groups excluding carboxylic acids is 1. The lowest BCUT2D eigenvalue weighted by Crippen LogP contribution is -1.99. The van der Waals surface area contributed by atoms with Crippen LogP contribution in [0.15, 0.2) is 0 Å². The van der Waals surface area contributed by atoms with Gasteiger partial charge in [0.25, 0.3) is 6.47 Å². The highest BCUT2D eigenvalue weighted by molar-refractivity contribution is 5.36. The summed E-state index contributed by atoms with van der Waals surface area (Å²) < 4.78 is 9.79. The Labute approximate surface area is 74.0 Å². The average molecular weight is 173 g/mol. The van der Waals surface area contributed by atoms with Crippen molar-refractivity contribution in [3.63, 3.8) is 0 Å². The molecule has 0 heterocycles. The molecule has 1 radical (unpaired) electrons. The van der Waals surface area contributed by atoms with Crippen LogP contribution in [0, 0.1) is 6.92 Å². The first-order chi connectivity index (χ1) is 5.91. The second-order valence-corrected chi connectivity index (χ2v) is 2.49. The molecule has 0 saturated carbocycles. The normalized spacial score (nSPS) is 9.75. The van der Waals surface area contributed by atoms with E-state index < -0.39 is 0 Å². The predicted octanol–water partition coefficient (Wildman–Crippen LogP) is 1.57. The Morgan fingerprint density at radius 3 is 2.42 bits per heavy atom. The summed E-state index contributed by atoms with van der Waals surface area (Å²) in [5, 5.41) is 0. The zero-order valence-corrected chi connectivity index (χ0v) is 7.46. The number of hydrogen-bond donors (Lipinski definition) is 0. The maximum absolute atomic E-state index is 9.72. The lowest BCUT2D eigenvalue weighted by Gasteiger charge is -2.02. The van der Waals surface area contributed by atoms with E-state index in [1.807, 2.05) is 0 Å². The molecule has 3 nitrogen and oxygen atoms in total. The van der Waals surface area contributed by atoms with Gasteiger partial charge in [0.1, 0.15) is 0 Å². The third-order valence-electron chi connectivity index (χ3n) is 1.41. The van der Waals surface area contributed by atoms with Crippen LogP contribution in [0.3, 0.4) is 0 Å². The standard InChI is InChI=1S/C9H17O3/c1-2-3-6-11-7-4-5-8-12-9-10/h9H,1-8H2. The average Bonchev–Trinajstić information content (AvgIpc) is 2.10. The Morgan fingerprint density at radius 2 is 1.75 bits per heavy atom. The first-order valence-electron chi connectivity index (χ1n) is 4.34. The summed E-state index contributed by atoms with van der Waals surface area (Å²) in [6, 6.07) is 0. The van der Waals surface area contributed by atoms with E-state index in [0.717, 1.165) is 38.9 Å². The molecule has 0 spiro atoms. The second-order valence-electron chi connectivity index (χ2n) is 2.49. The van der Waals surface area contributed by atoms with Crippen LogP contribution in [-0.4, -0.2) is 26.3 Å². The molecule has 0 aliphatic carbocycles. The van der Waals surface area contributed by atoms with Crippen molar-refractivity contribution in [2.24, 2.45) is 0 Å².